The van der Waals surface area contributed by atoms with Crippen LogP contribution in [-0.4, -0.2) is 11.5 Å². The Bertz CT molecular complexity index is 471. The molecule has 0 aliphatic rings. The van der Waals surface area contributed by atoms with Crippen molar-refractivity contribution in [3.63, 3.8) is 0 Å². The summed E-state index contributed by atoms with van der Waals surface area (Å²) in [4.78, 5) is 3.01. The molecule has 0 saturated carbocycles. The smallest absolute Gasteiger partial charge is 0.133 e. The van der Waals surface area contributed by atoms with Gasteiger partial charge in [-0.1, -0.05) is 18.2 Å². The summed E-state index contributed by atoms with van der Waals surface area (Å²) in [5, 5.41) is 0.622. The van der Waals surface area contributed by atoms with Gasteiger partial charge in [0, 0.05) is 29.2 Å². The normalized spacial score (nSPS) is 11.6. The van der Waals surface area contributed by atoms with Crippen molar-refractivity contribution in [2.75, 3.05) is 6.54 Å². The first kappa shape index (κ1) is 8.97. The van der Waals surface area contributed by atoms with E-state index in [0.29, 0.717) is 11.9 Å². The largest absolute Gasteiger partial charge is 0.360 e. The zero-order valence-electron chi connectivity index (χ0n) is 7.63. The van der Waals surface area contributed by atoms with Crippen molar-refractivity contribution in [1.82, 2.24) is 4.98 Å². The highest BCUT2D eigenvalue weighted by atomic mass is 19.1. The van der Waals surface area contributed by atoms with Crippen molar-refractivity contribution in [3.8, 4) is 0 Å². The van der Waals surface area contributed by atoms with Crippen LogP contribution in [0.15, 0.2) is 30.5 Å². The van der Waals surface area contributed by atoms with Crippen LogP contribution in [0, 0.1) is 5.82 Å². The summed E-state index contributed by atoms with van der Waals surface area (Å²) in [5.74, 6) is -0.208. The van der Waals surface area contributed by atoms with Gasteiger partial charge in [-0.15, -0.1) is 0 Å². The molecule has 0 amide bonds. The molecule has 2 nitrogen and oxygen atoms in total. The molecule has 0 atom stereocenters. The number of hydrogen-bond donors (Lipinski definition) is 2. The Labute approximate surface area is 81.2 Å². The number of fused-ring (bicyclic) bond motifs is 1. The molecule has 14 heavy (non-hydrogen) atoms. The SMILES string of the molecule is NC/C=C/c1c[nH]c2cccc(F)c12. The third-order valence-electron chi connectivity index (χ3n) is 2.12. The van der Waals surface area contributed by atoms with Gasteiger partial charge in [-0.25, -0.2) is 4.39 Å². The third-order valence-corrected chi connectivity index (χ3v) is 2.12. The number of aromatic nitrogens is 1. The quantitative estimate of drug-likeness (QED) is 0.749. The summed E-state index contributed by atoms with van der Waals surface area (Å²) >= 11 is 0. The van der Waals surface area contributed by atoms with Crippen LogP contribution >= 0.6 is 0 Å². The molecule has 0 aliphatic carbocycles. The van der Waals surface area contributed by atoms with Crippen LogP contribution in [0.2, 0.25) is 0 Å². The number of hydrogen-bond acceptors (Lipinski definition) is 1. The average molecular weight is 190 g/mol. The van der Waals surface area contributed by atoms with E-state index in [4.69, 9.17) is 5.73 Å². The summed E-state index contributed by atoms with van der Waals surface area (Å²) in [6.07, 6.45) is 5.40. The van der Waals surface area contributed by atoms with E-state index < -0.39 is 0 Å². The maximum Gasteiger partial charge on any atom is 0.133 e. The van der Waals surface area contributed by atoms with Crippen LogP contribution < -0.4 is 5.73 Å². The summed E-state index contributed by atoms with van der Waals surface area (Å²) in [5.41, 5.74) is 6.98. The summed E-state index contributed by atoms with van der Waals surface area (Å²) in [7, 11) is 0. The highest BCUT2D eigenvalue weighted by Crippen LogP contribution is 2.22. The molecule has 2 aromatic rings. The molecule has 0 radical (unpaired) electrons. The molecule has 3 heteroatoms. The Morgan fingerprint density at radius 3 is 3.07 bits per heavy atom. The number of aromatic amines is 1. The third kappa shape index (κ3) is 1.42. The maximum atomic E-state index is 13.4. The van der Waals surface area contributed by atoms with Crippen molar-refractivity contribution in [1.29, 1.82) is 0 Å². The first-order chi connectivity index (χ1) is 6.83. The summed E-state index contributed by atoms with van der Waals surface area (Å²) in [6, 6.07) is 4.98. The first-order valence-corrected chi connectivity index (χ1v) is 4.45. The highest BCUT2D eigenvalue weighted by Gasteiger charge is 2.04. The van der Waals surface area contributed by atoms with E-state index in [1.165, 1.54) is 6.07 Å². The Morgan fingerprint density at radius 1 is 1.43 bits per heavy atom. The second-order valence-electron chi connectivity index (χ2n) is 3.04. The van der Waals surface area contributed by atoms with E-state index in [2.05, 4.69) is 4.98 Å². The minimum Gasteiger partial charge on any atom is -0.360 e. The van der Waals surface area contributed by atoms with Crippen LogP contribution in [0.1, 0.15) is 5.56 Å². The van der Waals surface area contributed by atoms with Crippen molar-refractivity contribution < 1.29 is 4.39 Å². The van der Waals surface area contributed by atoms with Crippen LogP contribution in [0.25, 0.3) is 17.0 Å². The van der Waals surface area contributed by atoms with Crippen LogP contribution in [0.3, 0.4) is 0 Å². The lowest BCUT2D eigenvalue weighted by molar-refractivity contribution is 0.640. The van der Waals surface area contributed by atoms with Gasteiger partial charge in [-0.05, 0) is 12.1 Å². The second kappa shape index (κ2) is 3.64. The molecule has 0 saturated heterocycles. The van der Waals surface area contributed by atoms with Gasteiger partial charge in [0.15, 0.2) is 0 Å². The molecule has 0 aliphatic heterocycles. The summed E-state index contributed by atoms with van der Waals surface area (Å²) < 4.78 is 13.4. The number of nitrogens with one attached hydrogen (secondary N) is 1. The van der Waals surface area contributed by atoms with Crippen molar-refractivity contribution in [2.45, 2.75) is 0 Å². The molecule has 1 aromatic carbocycles. The van der Waals surface area contributed by atoms with Crippen LogP contribution in [0.5, 0.6) is 0 Å². The number of benzene rings is 1. The van der Waals surface area contributed by atoms with Gasteiger partial charge in [0.05, 0.1) is 0 Å². The Morgan fingerprint density at radius 2 is 2.29 bits per heavy atom. The van der Waals surface area contributed by atoms with Crippen LogP contribution in [-0.2, 0) is 0 Å². The van der Waals surface area contributed by atoms with E-state index in [0.717, 1.165) is 11.1 Å². The molecule has 1 aromatic heterocycles. The minimum atomic E-state index is -0.208. The lowest BCUT2D eigenvalue weighted by Crippen LogP contribution is -1.91. The van der Waals surface area contributed by atoms with Gasteiger partial charge in [-0.2, -0.15) is 0 Å². The van der Waals surface area contributed by atoms with Gasteiger partial charge < -0.3 is 10.7 Å². The van der Waals surface area contributed by atoms with E-state index in [-0.39, 0.29) is 5.82 Å². The number of halogens is 1. The maximum absolute atomic E-state index is 13.4. The fraction of sp³-hybridized carbons (Fsp3) is 0.0909. The molecular formula is C11H11FN2. The van der Waals surface area contributed by atoms with E-state index >= 15 is 0 Å². The van der Waals surface area contributed by atoms with Crippen molar-refractivity contribution in [3.05, 3.63) is 41.9 Å². The van der Waals surface area contributed by atoms with Crippen molar-refractivity contribution in [2.24, 2.45) is 5.73 Å². The van der Waals surface area contributed by atoms with Crippen molar-refractivity contribution >= 4 is 17.0 Å². The molecule has 0 bridgehead atoms. The van der Waals surface area contributed by atoms with Crippen LogP contribution in [0.4, 0.5) is 4.39 Å². The number of H-pyrrole nitrogens is 1. The Hall–Kier alpha value is -1.61. The predicted octanol–water partition coefficient (Wildman–Crippen LogP) is 2.28. The number of nitrogens with two attached hydrogens (primary N) is 1. The molecule has 3 N–H and O–H groups in total. The molecule has 72 valence electrons. The predicted molar refractivity (Wildman–Crippen MR) is 56.3 cm³/mol. The van der Waals surface area contributed by atoms with E-state index in [1.54, 1.807) is 18.3 Å². The molecule has 0 unspecified atom stereocenters. The topological polar surface area (TPSA) is 41.8 Å². The Kier molecular flexibility index (Phi) is 2.33. The molecule has 0 spiro atoms. The zero-order valence-corrected chi connectivity index (χ0v) is 7.63. The molecule has 2 rings (SSSR count). The minimum absolute atomic E-state index is 0.208. The van der Waals surface area contributed by atoms with Gasteiger partial charge in [0.25, 0.3) is 0 Å². The van der Waals surface area contributed by atoms with Gasteiger partial charge in [-0.3, -0.25) is 0 Å². The zero-order chi connectivity index (χ0) is 9.97. The highest BCUT2D eigenvalue weighted by molar-refractivity contribution is 5.89. The lowest BCUT2D eigenvalue weighted by Gasteiger charge is -1.93. The fourth-order valence-corrected chi connectivity index (χ4v) is 1.49. The lowest BCUT2D eigenvalue weighted by atomic mass is 10.1. The Balaban J connectivity index is 2.61. The van der Waals surface area contributed by atoms with Gasteiger partial charge in [0.1, 0.15) is 5.82 Å². The van der Waals surface area contributed by atoms with Gasteiger partial charge in [0.2, 0.25) is 0 Å². The standard InChI is InChI=1S/C11H11FN2/c12-9-4-1-5-10-11(9)8(7-14-10)3-2-6-13/h1-5,7,14H,6,13H2/b3-2+. The van der Waals surface area contributed by atoms with E-state index in [1.807, 2.05) is 12.1 Å². The van der Waals surface area contributed by atoms with Gasteiger partial charge >= 0.3 is 0 Å². The van der Waals surface area contributed by atoms with E-state index in [9.17, 15) is 4.39 Å². The molecular weight excluding hydrogens is 179 g/mol. The first-order valence-electron chi connectivity index (χ1n) is 4.45. The molecule has 1 heterocycles. The average Bonchev–Trinajstić information content (AvgIpc) is 2.59. The second-order valence-corrected chi connectivity index (χ2v) is 3.04. The monoisotopic (exact) mass is 190 g/mol. The summed E-state index contributed by atoms with van der Waals surface area (Å²) in [6.45, 7) is 0.459. The fourth-order valence-electron chi connectivity index (χ4n) is 1.49. The molecule has 0 fully saturated rings. The number of rotatable bonds is 2.